The number of hydrogen-bond acceptors (Lipinski definition) is 7. The molecule has 0 aliphatic carbocycles. The van der Waals surface area contributed by atoms with Crippen LogP contribution in [0.1, 0.15) is 26.7 Å². The van der Waals surface area contributed by atoms with Crippen molar-refractivity contribution in [2.45, 2.75) is 32.7 Å². The molecular weight excluding hydrogens is 258 g/mol. The fourth-order valence-corrected chi connectivity index (χ4v) is 2.26. The molecule has 1 aromatic rings. The van der Waals surface area contributed by atoms with Crippen molar-refractivity contribution in [2.24, 2.45) is 5.92 Å². The van der Waals surface area contributed by atoms with Gasteiger partial charge in [0, 0.05) is 26.3 Å². The summed E-state index contributed by atoms with van der Waals surface area (Å²) in [6.45, 7) is 6.25. The Bertz CT molecular complexity index is 423. The molecule has 1 aliphatic heterocycles. The zero-order valence-corrected chi connectivity index (χ0v) is 12.3. The molecule has 2 N–H and O–H groups in total. The molecule has 1 aromatic heterocycles. The van der Waals surface area contributed by atoms with E-state index in [4.69, 9.17) is 9.47 Å². The molecule has 1 aliphatic rings. The van der Waals surface area contributed by atoms with E-state index in [2.05, 4.69) is 32.5 Å². The van der Waals surface area contributed by atoms with Crippen LogP contribution in [0.25, 0.3) is 0 Å². The van der Waals surface area contributed by atoms with Crippen LogP contribution >= 0.6 is 0 Å². The third kappa shape index (κ3) is 3.93. The zero-order valence-electron chi connectivity index (χ0n) is 12.3. The maximum Gasteiger partial charge on any atom is 0.323 e. The molecule has 0 bridgehead atoms. The summed E-state index contributed by atoms with van der Waals surface area (Å²) < 4.78 is 10.7. The molecule has 0 radical (unpaired) electrons. The predicted octanol–water partition coefficient (Wildman–Crippen LogP) is 1.54. The molecule has 1 fully saturated rings. The smallest absolute Gasteiger partial charge is 0.323 e. The standard InChI is InChI=1S/C13H23N5O2/c1-4-20-13-17-11(14-3)16-12(18-13)15-9(2)10-5-7-19-8-6-10/h9-10H,4-8H2,1-3H3,(H2,14,15,16,17,18). The Labute approximate surface area is 119 Å². The Morgan fingerprint density at radius 1 is 1.25 bits per heavy atom. The number of anilines is 2. The normalized spacial score (nSPS) is 17.6. The van der Waals surface area contributed by atoms with Gasteiger partial charge in [0.2, 0.25) is 11.9 Å². The summed E-state index contributed by atoms with van der Waals surface area (Å²) in [5.74, 6) is 1.63. The second-order valence-corrected chi connectivity index (χ2v) is 4.83. The lowest BCUT2D eigenvalue weighted by Crippen LogP contribution is -2.31. The van der Waals surface area contributed by atoms with E-state index in [0.29, 0.717) is 36.5 Å². The Morgan fingerprint density at radius 3 is 2.60 bits per heavy atom. The van der Waals surface area contributed by atoms with E-state index < -0.39 is 0 Å². The number of nitrogens with one attached hydrogen (secondary N) is 2. The van der Waals surface area contributed by atoms with E-state index >= 15 is 0 Å². The van der Waals surface area contributed by atoms with Gasteiger partial charge in [-0.15, -0.1) is 0 Å². The molecular formula is C13H23N5O2. The van der Waals surface area contributed by atoms with Gasteiger partial charge >= 0.3 is 6.01 Å². The summed E-state index contributed by atoms with van der Waals surface area (Å²) in [6.07, 6.45) is 2.13. The summed E-state index contributed by atoms with van der Waals surface area (Å²) in [6, 6.07) is 0.633. The van der Waals surface area contributed by atoms with Gasteiger partial charge in [-0.2, -0.15) is 15.0 Å². The summed E-state index contributed by atoms with van der Waals surface area (Å²) in [5, 5.41) is 6.26. The molecule has 1 saturated heterocycles. The van der Waals surface area contributed by atoms with Gasteiger partial charge in [0.05, 0.1) is 6.61 Å². The highest BCUT2D eigenvalue weighted by Gasteiger charge is 2.21. The first-order valence-electron chi connectivity index (χ1n) is 7.13. The molecule has 112 valence electrons. The summed E-state index contributed by atoms with van der Waals surface area (Å²) in [4.78, 5) is 12.7. The first-order valence-corrected chi connectivity index (χ1v) is 7.13. The van der Waals surface area contributed by atoms with Gasteiger partial charge in [0.25, 0.3) is 0 Å². The highest BCUT2D eigenvalue weighted by molar-refractivity contribution is 5.36. The second kappa shape index (κ2) is 7.23. The summed E-state index contributed by atoms with van der Waals surface area (Å²) >= 11 is 0. The van der Waals surface area contributed by atoms with Crippen LogP contribution in [0.5, 0.6) is 6.01 Å². The SMILES string of the molecule is CCOc1nc(NC)nc(NC(C)C2CCOCC2)n1. The number of hydrogen-bond donors (Lipinski definition) is 2. The van der Waals surface area contributed by atoms with E-state index in [9.17, 15) is 0 Å². The molecule has 0 amide bonds. The van der Waals surface area contributed by atoms with Crippen molar-refractivity contribution in [3.8, 4) is 6.01 Å². The summed E-state index contributed by atoms with van der Waals surface area (Å²) in [7, 11) is 1.77. The van der Waals surface area contributed by atoms with Crippen molar-refractivity contribution in [1.29, 1.82) is 0 Å². The van der Waals surface area contributed by atoms with E-state index in [-0.39, 0.29) is 0 Å². The molecule has 2 heterocycles. The van der Waals surface area contributed by atoms with Gasteiger partial charge in [-0.1, -0.05) is 0 Å². The quantitative estimate of drug-likeness (QED) is 0.818. The number of nitrogens with zero attached hydrogens (tertiary/aromatic N) is 3. The lowest BCUT2D eigenvalue weighted by Gasteiger charge is -2.28. The van der Waals surface area contributed by atoms with Gasteiger partial charge in [0.1, 0.15) is 0 Å². The Kier molecular flexibility index (Phi) is 5.34. The lowest BCUT2D eigenvalue weighted by molar-refractivity contribution is 0.0621. The van der Waals surface area contributed by atoms with Crippen LogP contribution in [-0.2, 0) is 4.74 Å². The van der Waals surface area contributed by atoms with Crippen molar-refractivity contribution in [3.63, 3.8) is 0 Å². The monoisotopic (exact) mass is 281 g/mol. The average Bonchev–Trinajstić information content (AvgIpc) is 2.48. The Hall–Kier alpha value is -1.63. The Morgan fingerprint density at radius 2 is 1.95 bits per heavy atom. The van der Waals surface area contributed by atoms with Crippen LogP contribution in [0.3, 0.4) is 0 Å². The topological polar surface area (TPSA) is 81.2 Å². The Balaban J connectivity index is 2.04. The van der Waals surface area contributed by atoms with Gasteiger partial charge in [-0.25, -0.2) is 0 Å². The van der Waals surface area contributed by atoms with Crippen molar-refractivity contribution in [3.05, 3.63) is 0 Å². The third-order valence-electron chi connectivity index (χ3n) is 3.44. The first-order chi connectivity index (χ1) is 9.72. The predicted molar refractivity (Wildman–Crippen MR) is 77.2 cm³/mol. The first kappa shape index (κ1) is 14.8. The minimum atomic E-state index is 0.292. The fourth-order valence-electron chi connectivity index (χ4n) is 2.26. The zero-order chi connectivity index (χ0) is 14.4. The van der Waals surface area contributed by atoms with Gasteiger partial charge < -0.3 is 20.1 Å². The minimum Gasteiger partial charge on any atom is -0.464 e. The molecule has 1 atom stereocenters. The second-order valence-electron chi connectivity index (χ2n) is 4.83. The number of aromatic nitrogens is 3. The molecule has 2 rings (SSSR count). The number of ether oxygens (including phenoxy) is 2. The van der Waals surface area contributed by atoms with Crippen LogP contribution in [0.4, 0.5) is 11.9 Å². The maximum atomic E-state index is 5.39. The highest BCUT2D eigenvalue weighted by Crippen LogP contribution is 2.21. The fraction of sp³-hybridized carbons (Fsp3) is 0.769. The largest absolute Gasteiger partial charge is 0.464 e. The summed E-state index contributed by atoms with van der Waals surface area (Å²) in [5.41, 5.74) is 0. The molecule has 7 nitrogen and oxygen atoms in total. The molecule has 0 saturated carbocycles. The van der Waals surface area contributed by atoms with Gasteiger partial charge in [-0.05, 0) is 32.6 Å². The molecule has 20 heavy (non-hydrogen) atoms. The molecule has 0 aromatic carbocycles. The van der Waals surface area contributed by atoms with E-state index in [1.54, 1.807) is 7.05 Å². The van der Waals surface area contributed by atoms with Crippen LogP contribution < -0.4 is 15.4 Å². The van der Waals surface area contributed by atoms with Gasteiger partial charge in [-0.3, -0.25) is 0 Å². The highest BCUT2D eigenvalue weighted by atomic mass is 16.5. The third-order valence-corrected chi connectivity index (χ3v) is 3.44. The van der Waals surface area contributed by atoms with Crippen molar-refractivity contribution in [1.82, 2.24) is 15.0 Å². The lowest BCUT2D eigenvalue weighted by atomic mass is 9.93. The van der Waals surface area contributed by atoms with Crippen LogP contribution in [-0.4, -0.2) is 47.9 Å². The van der Waals surface area contributed by atoms with Crippen LogP contribution in [0.15, 0.2) is 0 Å². The van der Waals surface area contributed by atoms with Crippen LogP contribution in [0.2, 0.25) is 0 Å². The van der Waals surface area contributed by atoms with Crippen LogP contribution in [0, 0.1) is 5.92 Å². The van der Waals surface area contributed by atoms with Gasteiger partial charge in [0.15, 0.2) is 0 Å². The van der Waals surface area contributed by atoms with E-state index in [1.165, 1.54) is 0 Å². The van der Waals surface area contributed by atoms with Crippen molar-refractivity contribution >= 4 is 11.9 Å². The van der Waals surface area contributed by atoms with E-state index in [0.717, 1.165) is 26.1 Å². The molecule has 0 spiro atoms. The van der Waals surface area contributed by atoms with Crippen molar-refractivity contribution in [2.75, 3.05) is 37.5 Å². The molecule has 1 unspecified atom stereocenters. The van der Waals surface area contributed by atoms with Crippen molar-refractivity contribution < 1.29 is 9.47 Å². The van der Waals surface area contributed by atoms with E-state index in [1.807, 2.05) is 6.92 Å². The average molecular weight is 281 g/mol. The maximum absolute atomic E-state index is 5.39. The molecule has 7 heteroatoms. The minimum absolute atomic E-state index is 0.292. The number of rotatable bonds is 6.